The summed E-state index contributed by atoms with van der Waals surface area (Å²) in [6.45, 7) is 0.799. The van der Waals surface area contributed by atoms with Gasteiger partial charge < -0.3 is 9.47 Å². The summed E-state index contributed by atoms with van der Waals surface area (Å²) in [6.07, 6.45) is 3.05. The molecular formula is C32H28O3. The van der Waals surface area contributed by atoms with Gasteiger partial charge in [-0.2, -0.15) is 0 Å². The Bertz CT molecular complexity index is 1320. The van der Waals surface area contributed by atoms with E-state index in [0.717, 1.165) is 47.3 Å². The molecule has 5 rings (SSSR count). The van der Waals surface area contributed by atoms with Gasteiger partial charge >= 0.3 is 5.97 Å². The molecule has 4 aromatic rings. The van der Waals surface area contributed by atoms with Crippen LogP contribution in [0.3, 0.4) is 0 Å². The highest BCUT2D eigenvalue weighted by Gasteiger charge is 2.21. The minimum Gasteiger partial charge on any atom is -0.488 e. The van der Waals surface area contributed by atoms with Crippen molar-refractivity contribution in [3.05, 3.63) is 137 Å². The van der Waals surface area contributed by atoms with E-state index in [0.29, 0.717) is 12.2 Å². The summed E-state index contributed by atoms with van der Waals surface area (Å²) in [5.41, 5.74) is 7.47. The van der Waals surface area contributed by atoms with Crippen molar-refractivity contribution < 1.29 is 14.3 Å². The number of allylic oxidation sites excluding steroid dienone is 2. The fourth-order valence-corrected chi connectivity index (χ4v) is 4.58. The number of hydrogen-bond acceptors (Lipinski definition) is 3. The van der Waals surface area contributed by atoms with Gasteiger partial charge in [0.25, 0.3) is 0 Å². The fraction of sp³-hybridized carbons (Fsp3) is 0.156. The largest absolute Gasteiger partial charge is 0.488 e. The maximum atomic E-state index is 12.8. The number of para-hydroxylation sites is 1. The van der Waals surface area contributed by atoms with E-state index in [4.69, 9.17) is 9.47 Å². The topological polar surface area (TPSA) is 35.5 Å². The van der Waals surface area contributed by atoms with Gasteiger partial charge in [0.15, 0.2) is 0 Å². The Hall–Kier alpha value is -4.11. The average molecular weight is 461 g/mol. The molecule has 35 heavy (non-hydrogen) atoms. The van der Waals surface area contributed by atoms with Gasteiger partial charge in [0, 0.05) is 5.56 Å². The molecule has 0 aliphatic heterocycles. The van der Waals surface area contributed by atoms with Crippen LogP contribution in [0.25, 0.3) is 11.1 Å². The van der Waals surface area contributed by atoms with E-state index in [1.54, 1.807) is 0 Å². The first-order valence-electron chi connectivity index (χ1n) is 12.1. The number of ether oxygens (including phenoxy) is 2. The van der Waals surface area contributed by atoms with Gasteiger partial charge in [-0.1, -0.05) is 91.0 Å². The van der Waals surface area contributed by atoms with Gasteiger partial charge in [-0.25, -0.2) is 4.79 Å². The molecule has 4 aromatic carbocycles. The predicted molar refractivity (Wildman–Crippen MR) is 140 cm³/mol. The van der Waals surface area contributed by atoms with Gasteiger partial charge in [-0.3, -0.25) is 0 Å². The molecule has 3 nitrogen and oxygen atoms in total. The second-order valence-electron chi connectivity index (χ2n) is 8.72. The first kappa shape index (κ1) is 22.7. The predicted octanol–water partition coefficient (Wildman–Crippen LogP) is 7.72. The lowest BCUT2D eigenvalue weighted by Crippen LogP contribution is -2.05. The molecule has 0 N–H and O–H groups in total. The molecule has 0 fully saturated rings. The molecule has 0 heterocycles. The van der Waals surface area contributed by atoms with Crippen LogP contribution in [0.1, 0.15) is 51.9 Å². The molecule has 0 bridgehead atoms. The lowest BCUT2D eigenvalue weighted by Gasteiger charge is -2.15. The van der Waals surface area contributed by atoms with Crippen molar-refractivity contribution in [2.24, 2.45) is 0 Å². The zero-order valence-electron chi connectivity index (χ0n) is 19.7. The van der Waals surface area contributed by atoms with Gasteiger partial charge in [0.1, 0.15) is 19.0 Å². The molecule has 0 radical (unpaired) electrons. The number of carbonyl (C=O) groups excluding carboxylic acids is 1. The Morgan fingerprint density at radius 1 is 0.657 bits per heavy atom. The highest BCUT2D eigenvalue weighted by atomic mass is 16.5. The molecule has 0 saturated heterocycles. The molecule has 174 valence electrons. The molecule has 0 amide bonds. The SMILES string of the molecule is O=C(OCc1ccccc1)c1cccc(C2=C(c3ccccc3OCc3ccccc3)CCC2)c1. The molecule has 1 aliphatic carbocycles. The van der Waals surface area contributed by atoms with Crippen molar-refractivity contribution >= 4 is 17.1 Å². The minimum absolute atomic E-state index is 0.268. The average Bonchev–Trinajstić information content (AvgIpc) is 3.42. The maximum absolute atomic E-state index is 12.8. The second kappa shape index (κ2) is 10.9. The molecule has 0 unspecified atom stereocenters. The molecule has 0 spiro atoms. The quantitative estimate of drug-likeness (QED) is 0.253. The zero-order valence-corrected chi connectivity index (χ0v) is 19.7. The van der Waals surface area contributed by atoms with Crippen LogP contribution >= 0.6 is 0 Å². The standard InChI is InChI=1S/C32H28O3/c33-32(35-23-25-13-5-2-6-14-25)27-16-9-15-26(21-27)28-18-10-19-29(28)30-17-7-8-20-31(30)34-22-24-11-3-1-4-12-24/h1-9,11-17,20-21H,10,18-19,22-23H2. The summed E-state index contributed by atoms with van der Waals surface area (Å²) in [7, 11) is 0. The van der Waals surface area contributed by atoms with E-state index in [1.165, 1.54) is 11.1 Å². The van der Waals surface area contributed by atoms with Crippen LogP contribution in [0.2, 0.25) is 0 Å². The van der Waals surface area contributed by atoms with Crippen molar-refractivity contribution in [2.75, 3.05) is 0 Å². The highest BCUT2D eigenvalue weighted by Crippen LogP contribution is 2.43. The molecule has 0 aromatic heterocycles. The van der Waals surface area contributed by atoms with Gasteiger partial charge in [0.05, 0.1) is 5.56 Å². The van der Waals surface area contributed by atoms with Crippen LogP contribution in [0.5, 0.6) is 5.75 Å². The van der Waals surface area contributed by atoms with Crippen LogP contribution in [0.15, 0.2) is 109 Å². The van der Waals surface area contributed by atoms with E-state index < -0.39 is 0 Å². The van der Waals surface area contributed by atoms with E-state index in [2.05, 4.69) is 30.3 Å². The second-order valence-corrected chi connectivity index (χ2v) is 8.72. The lowest BCUT2D eigenvalue weighted by molar-refractivity contribution is 0.0472. The van der Waals surface area contributed by atoms with E-state index in [-0.39, 0.29) is 12.6 Å². The van der Waals surface area contributed by atoms with Crippen LogP contribution < -0.4 is 4.74 Å². The van der Waals surface area contributed by atoms with Gasteiger partial charge in [0.2, 0.25) is 0 Å². The fourth-order valence-electron chi connectivity index (χ4n) is 4.58. The lowest BCUT2D eigenvalue weighted by atomic mass is 9.95. The number of hydrogen-bond donors (Lipinski definition) is 0. The highest BCUT2D eigenvalue weighted by molar-refractivity contribution is 5.96. The Labute approximate surface area is 206 Å². The summed E-state index contributed by atoms with van der Waals surface area (Å²) in [6, 6.07) is 36.0. The Kier molecular flexibility index (Phi) is 7.05. The molecule has 0 saturated carbocycles. The van der Waals surface area contributed by atoms with Gasteiger partial charge in [-0.15, -0.1) is 0 Å². The first-order valence-corrected chi connectivity index (χ1v) is 12.1. The summed E-state index contributed by atoms with van der Waals surface area (Å²) in [4.78, 5) is 12.8. The normalized spacial score (nSPS) is 13.0. The van der Waals surface area contributed by atoms with Crippen LogP contribution in [-0.2, 0) is 18.0 Å². The van der Waals surface area contributed by atoms with Gasteiger partial charge in [-0.05, 0) is 65.3 Å². The summed E-state index contributed by atoms with van der Waals surface area (Å²) in [5, 5.41) is 0. The Morgan fingerprint density at radius 3 is 2.09 bits per heavy atom. The third-order valence-electron chi connectivity index (χ3n) is 6.33. The molecule has 0 atom stereocenters. The third kappa shape index (κ3) is 5.52. The monoisotopic (exact) mass is 460 g/mol. The van der Waals surface area contributed by atoms with E-state index in [9.17, 15) is 4.79 Å². The van der Waals surface area contributed by atoms with E-state index >= 15 is 0 Å². The minimum atomic E-state index is -0.303. The first-order chi connectivity index (χ1) is 17.3. The zero-order chi connectivity index (χ0) is 23.9. The van der Waals surface area contributed by atoms with Crippen LogP contribution in [-0.4, -0.2) is 5.97 Å². The molecule has 3 heteroatoms. The van der Waals surface area contributed by atoms with E-state index in [1.807, 2.05) is 78.9 Å². The summed E-state index contributed by atoms with van der Waals surface area (Å²) < 4.78 is 11.8. The Morgan fingerprint density at radius 2 is 1.31 bits per heavy atom. The molecular weight excluding hydrogens is 432 g/mol. The van der Waals surface area contributed by atoms with Crippen molar-refractivity contribution in [1.82, 2.24) is 0 Å². The summed E-state index contributed by atoms with van der Waals surface area (Å²) >= 11 is 0. The maximum Gasteiger partial charge on any atom is 0.338 e. The Balaban J connectivity index is 1.38. The van der Waals surface area contributed by atoms with Crippen molar-refractivity contribution in [1.29, 1.82) is 0 Å². The number of carbonyl (C=O) groups is 1. The molecule has 1 aliphatic rings. The van der Waals surface area contributed by atoms with Crippen LogP contribution in [0.4, 0.5) is 0 Å². The number of rotatable bonds is 8. The number of benzene rings is 4. The third-order valence-corrected chi connectivity index (χ3v) is 6.33. The van der Waals surface area contributed by atoms with Crippen molar-refractivity contribution in [3.63, 3.8) is 0 Å². The van der Waals surface area contributed by atoms with Crippen LogP contribution in [0, 0.1) is 0 Å². The van der Waals surface area contributed by atoms with Crippen molar-refractivity contribution in [3.8, 4) is 5.75 Å². The smallest absolute Gasteiger partial charge is 0.338 e. The number of esters is 1. The van der Waals surface area contributed by atoms with Crippen molar-refractivity contribution in [2.45, 2.75) is 32.5 Å². The summed E-state index contributed by atoms with van der Waals surface area (Å²) in [5.74, 6) is 0.589.